The van der Waals surface area contributed by atoms with Crippen molar-refractivity contribution in [2.24, 2.45) is 0 Å². The molecule has 100 valence electrons. The standard InChI is InChI=1S/C11H5ClF3NOS2/c12-10-16-5-8(18-10)9(17)6-2-1-3-7(4-6)19-11(13,14)15/h1-5H. The van der Waals surface area contributed by atoms with Crippen LogP contribution in [-0.2, 0) is 0 Å². The van der Waals surface area contributed by atoms with Crippen LogP contribution in [-0.4, -0.2) is 16.3 Å². The molecule has 2 aromatic rings. The summed E-state index contributed by atoms with van der Waals surface area (Å²) in [4.78, 5) is 16.0. The lowest BCUT2D eigenvalue weighted by atomic mass is 10.1. The maximum absolute atomic E-state index is 12.3. The first-order valence-corrected chi connectivity index (χ1v) is 6.88. The highest BCUT2D eigenvalue weighted by Gasteiger charge is 2.29. The van der Waals surface area contributed by atoms with E-state index in [2.05, 4.69) is 4.98 Å². The summed E-state index contributed by atoms with van der Waals surface area (Å²) in [5, 5.41) is 0. The van der Waals surface area contributed by atoms with Crippen molar-refractivity contribution in [2.75, 3.05) is 0 Å². The second-order valence-electron chi connectivity index (χ2n) is 3.38. The summed E-state index contributed by atoms with van der Waals surface area (Å²) < 4.78 is 37.0. The largest absolute Gasteiger partial charge is 0.446 e. The zero-order chi connectivity index (χ0) is 14.0. The minimum atomic E-state index is -4.38. The van der Waals surface area contributed by atoms with E-state index >= 15 is 0 Å². The molecule has 1 heterocycles. The first-order valence-electron chi connectivity index (χ1n) is 4.87. The maximum Gasteiger partial charge on any atom is 0.446 e. The van der Waals surface area contributed by atoms with Gasteiger partial charge in [-0.15, -0.1) is 0 Å². The summed E-state index contributed by atoms with van der Waals surface area (Å²) in [6.45, 7) is 0. The van der Waals surface area contributed by atoms with Crippen molar-refractivity contribution in [3.8, 4) is 0 Å². The van der Waals surface area contributed by atoms with Crippen molar-refractivity contribution in [2.45, 2.75) is 10.4 Å². The van der Waals surface area contributed by atoms with Gasteiger partial charge in [0.25, 0.3) is 0 Å². The minimum absolute atomic E-state index is 0.0334. The van der Waals surface area contributed by atoms with Crippen molar-refractivity contribution < 1.29 is 18.0 Å². The number of rotatable bonds is 3. The zero-order valence-electron chi connectivity index (χ0n) is 9.07. The number of hydrogen-bond acceptors (Lipinski definition) is 4. The molecule has 0 unspecified atom stereocenters. The van der Waals surface area contributed by atoms with Crippen molar-refractivity contribution in [3.05, 3.63) is 45.4 Å². The topological polar surface area (TPSA) is 30.0 Å². The van der Waals surface area contributed by atoms with Crippen LogP contribution in [0.25, 0.3) is 0 Å². The third-order valence-corrected chi connectivity index (χ3v) is 3.87. The molecule has 0 saturated heterocycles. The molecular formula is C11H5ClF3NOS2. The van der Waals surface area contributed by atoms with Crippen LogP contribution < -0.4 is 0 Å². The first kappa shape index (κ1) is 14.4. The fraction of sp³-hybridized carbons (Fsp3) is 0.0909. The number of carbonyl (C=O) groups is 1. The number of ketones is 1. The Kier molecular flexibility index (Phi) is 4.17. The molecule has 1 aromatic carbocycles. The fourth-order valence-electron chi connectivity index (χ4n) is 1.33. The number of carbonyl (C=O) groups excluding carboxylic acids is 1. The highest BCUT2D eigenvalue weighted by Crippen LogP contribution is 2.37. The van der Waals surface area contributed by atoms with Gasteiger partial charge in [0.05, 0.1) is 11.1 Å². The van der Waals surface area contributed by atoms with Gasteiger partial charge in [0.15, 0.2) is 4.47 Å². The quantitative estimate of drug-likeness (QED) is 0.609. The van der Waals surface area contributed by atoms with E-state index in [9.17, 15) is 18.0 Å². The van der Waals surface area contributed by atoms with E-state index in [-0.39, 0.29) is 26.7 Å². The van der Waals surface area contributed by atoms with Crippen LogP contribution >= 0.6 is 34.7 Å². The molecule has 0 radical (unpaired) electrons. The summed E-state index contributed by atoms with van der Waals surface area (Å²) in [5.74, 6) is -0.394. The number of thioether (sulfide) groups is 1. The van der Waals surface area contributed by atoms with Crippen LogP contribution in [0.3, 0.4) is 0 Å². The molecule has 0 aliphatic rings. The molecule has 0 bridgehead atoms. The van der Waals surface area contributed by atoms with Gasteiger partial charge in [-0.25, -0.2) is 4.98 Å². The Labute approximate surface area is 119 Å². The third kappa shape index (κ3) is 3.95. The maximum atomic E-state index is 12.3. The van der Waals surface area contributed by atoms with Crippen molar-refractivity contribution in [1.82, 2.24) is 4.98 Å². The summed E-state index contributed by atoms with van der Waals surface area (Å²) in [7, 11) is 0. The molecule has 0 aliphatic carbocycles. The highest BCUT2D eigenvalue weighted by atomic mass is 35.5. The molecular weight excluding hydrogens is 319 g/mol. The van der Waals surface area contributed by atoms with Gasteiger partial charge in [0.1, 0.15) is 0 Å². The lowest BCUT2D eigenvalue weighted by Crippen LogP contribution is -2.01. The van der Waals surface area contributed by atoms with Crippen molar-refractivity contribution >= 4 is 40.5 Å². The second kappa shape index (κ2) is 5.52. The van der Waals surface area contributed by atoms with Gasteiger partial charge in [-0.3, -0.25) is 4.79 Å². The predicted octanol–water partition coefficient (Wildman–Crippen LogP) is 4.64. The lowest BCUT2D eigenvalue weighted by molar-refractivity contribution is -0.0328. The molecule has 0 atom stereocenters. The van der Waals surface area contributed by atoms with E-state index in [1.807, 2.05) is 0 Å². The van der Waals surface area contributed by atoms with E-state index in [0.29, 0.717) is 4.88 Å². The summed E-state index contributed by atoms with van der Waals surface area (Å²) in [6, 6.07) is 5.36. The van der Waals surface area contributed by atoms with Gasteiger partial charge < -0.3 is 0 Å². The van der Waals surface area contributed by atoms with E-state index in [4.69, 9.17) is 11.6 Å². The third-order valence-electron chi connectivity index (χ3n) is 2.03. The van der Waals surface area contributed by atoms with Gasteiger partial charge in [-0.1, -0.05) is 35.1 Å². The monoisotopic (exact) mass is 323 g/mol. The number of aromatic nitrogens is 1. The number of halogens is 4. The number of thiazole rings is 1. The molecule has 0 N–H and O–H groups in total. The normalized spacial score (nSPS) is 11.6. The predicted molar refractivity (Wildman–Crippen MR) is 68.9 cm³/mol. The first-order chi connectivity index (χ1) is 8.85. The Morgan fingerprint density at radius 3 is 2.68 bits per heavy atom. The van der Waals surface area contributed by atoms with Crippen LogP contribution in [0, 0.1) is 0 Å². The van der Waals surface area contributed by atoms with Crippen LogP contribution in [0.4, 0.5) is 13.2 Å². The average Bonchev–Trinajstić information content (AvgIpc) is 2.73. The van der Waals surface area contributed by atoms with E-state index in [1.165, 1.54) is 30.5 Å². The van der Waals surface area contributed by atoms with Crippen LogP contribution in [0.15, 0.2) is 35.4 Å². The zero-order valence-corrected chi connectivity index (χ0v) is 11.5. The molecule has 0 aliphatic heterocycles. The number of nitrogens with zero attached hydrogens (tertiary/aromatic N) is 1. The average molecular weight is 324 g/mol. The van der Waals surface area contributed by atoms with Crippen LogP contribution in [0.2, 0.25) is 4.47 Å². The molecule has 8 heteroatoms. The van der Waals surface area contributed by atoms with Crippen LogP contribution in [0.5, 0.6) is 0 Å². The number of hydrogen-bond donors (Lipinski definition) is 0. The number of benzene rings is 1. The Morgan fingerprint density at radius 2 is 2.11 bits per heavy atom. The van der Waals surface area contributed by atoms with Crippen molar-refractivity contribution in [3.63, 3.8) is 0 Å². The van der Waals surface area contributed by atoms with Gasteiger partial charge >= 0.3 is 5.51 Å². The lowest BCUT2D eigenvalue weighted by Gasteiger charge is -2.06. The number of alkyl halides is 3. The Morgan fingerprint density at radius 1 is 1.37 bits per heavy atom. The van der Waals surface area contributed by atoms with Gasteiger partial charge in [0, 0.05) is 10.5 Å². The Bertz CT molecular complexity index is 612. The van der Waals surface area contributed by atoms with E-state index < -0.39 is 11.3 Å². The SMILES string of the molecule is O=C(c1cccc(SC(F)(F)F)c1)c1cnc(Cl)s1. The molecule has 0 amide bonds. The molecule has 0 fully saturated rings. The molecule has 2 rings (SSSR count). The van der Waals surface area contributed by atoms with E-state index in [1.54, 1.807) is 0 Å². The Balaban J connectivity index is 2.26. The van der Waals surface area contributed by atoms with Crippen molar-refractivity contribution in [1.29, 1.82) is 0 Å². The van der Waals surface area contributed by atoms with Crippen LogP contribution in [0.1, 0.15) is 15.2 Å². The Hall–Kier alpha value is -1.05. The molecule has 0 saturated carbocycles. The fourth-order valence-corrected chi connectivity index (χ4v) is 2.84. The summed E-state index contributed by atoms with van der Waals surface area (Å²) in [6.07, 6.45) is 1.30. The molecule has 1 aromatic heterocycles. The highest BCUT2D eigenvalue weighted by molar-refractivity contribution is 8.00. The minimum Gasteiger partial charge on any atom is -0.288 e. The summed E-state index contributed by atoms with van der Waals surface area (Å²) >= 11 is 6.34. The van der Waals surface area contributed by atoms with Gasteiger partial charge in [0.2, 0.25) is 5.78 Å². The van der Waals surface area contributed by atoms with E-state index in [0.717, 1.165) is 11.3 Å². The van der Waals surface area contributed by atoms with Gasteiger partial charge in [-0.05, 0) is 23.9 Å². The molecule has 0 spiro atoms. The molecule has 2 nitrogen and oxygen atoms in total. The smallest absolute Gasteiger partial charge is 0.288 e. The summed E-state index contributed by atoms with van der Waals surface area (Å²) in [5.41, 5.74) is -4.20. The second-order valence-corrected chi connectivity index (χ2v) is 6.13. The van der Waals surface area contributed by atoms with Gasteiger partial charge in [-0.2, -0.15) is 13.2 Å². The molecule has 19 heavy (non-hydrogen) atoms.